The van der Waals surface area contributed by atoms with Gasteiger partial charge in [0.25, 0.3) is 0 Å². The first kappa shape index (κ1) is 12.6. The van der Waals surface area contributed by atoms with Gasteiger partial charge >= 0.3 is 11.9 Å². The van der Waals surface area contributed by atoms with Crippen LogP contribution in [0.5, 0.6) is 5.75 Å². The summed E-state index contributed by atoms with van der Waals surface area (Å²) in [4.78, 5) is 22.0. The zero-order valence-electron chi connectivity index (χ0n) is 9.70. The maximum absolute atomic E-state index is 11.0. The average molecular weight is 258 g/mol. The smallest absolute Gasteiger partial charge is 0.335 e. The van der Waals surface area contributed by atoms with E-state index >= 15 is 0 Å². The summed E-state index contributed by atoms with van der Waals surface area (Å²) in [6, 6.07) is 9.95. The van der Waals surface area contributed by atoms with Crippen LogP contribution in [0.15, 0.2) is 42.5 Å². The van der Waals surface area contributed by atoms with Gasteiger partial charge in [-0.15, -0.1) is 0 Å². The maximum atomic E-state index is 11.0. The lowest BCUT2D eigenvalue weighted by Gasteiger charge is -2.06. The van der Waals surface area contributed by atoms with E-state index in [0.29, 0.717) is 11.1 Å². The summed E-state index contributed by atoms with van der Waals surface area (Å²) in [6.45, 7) is 0. The van der Waals surface area contributed by atoms with Gasteiger partial charge < -0.3 is 15.3 Å². The number of hydrogen-bond donors (Lipinski definition) is 3. The highest BCUT2D eigenvalue weighted by molar-refractivity contribution is 5.96. The predicted octanol–water partition coefficient (Wildman–Crippen LogP) is 2.46. The molecule has 0 aliphatic heterocycles. The lowest BCUT2D eigenvalue weighted by Crippen LogP contribution is -2.02. The molecule has 5 heteroatoms. The predicted molar refractivity (Wildman–Crippen MR) is 67.5 cm³/mol. The Morgan fingerprint density at radius 2 is 1.21 bits per heavy atom. The quantitative estimate of drug-likeness (QED) is 0.786. The molecule has 0 saturated heterocycles. The molecule has 0 saturated carbocycles. The Morgan fingerprint density at radius 1 is 0.737 bits per heavy atom. The Balaban J connectivity index is 2.59. The number of aromatic carboxylic acids is 2. The molecule has 0 heterocycles. The molecule has 19 heavy (non-hydrogen) atoms. The maximum Gasteiger partial charge on any atom is 0.335 e. The van der Waals surface area contributed by atoms with Gasteiger partial charge in [-0.1, -0.05) is 12.1 Å². The first-order valence-electron chi connectivity index (χ1n) is 5.38. The van der Waals surface area contributed by atoms with Crippen LogP contribution in [0.3, 0.4) is 0 Å². The van der Waals surface area contributed by atoms with E-state index in [-0.39, 0.29) is 16.9 Å². The molecule has 0 amide bonds. The minimum atomic E-state index is -1.19. The van der Waals surface area contributed by atoms with Crippen LogP contribution in [0.25, 0.3) is 11.1 Å². The Labute approximate surface area is 108 Å². The topological polar surface area (TPSA) is 94.8 Å². The Kier molecular flexibility index (Phi) is 3.20. The molecule has 96 valence electrons. The van der Waals surface area contributed by atoms with E-state index in [1.54, 1.807) is 12.1 Å². The van der Waals surface area contributed by atoms with Crippen molar-refractivity contribution >= 4 is 11.9 Å². The summed E-state index contributed by atoms with van der Waals surface area (Å²) in [5.74, 6) is -2.30. The van der Waals surface area contributed by atoms with Gasteiger partial charge in [-0.05, 0) is 41.5 Å². The third-order valence-corrected chi connectivity index (χ3v) is 2.63. The highest BCUT2D eigenvalue weighted by atomic mass is 16.4. The zero-order chi connectivity index (χ0) is 14.0. The van der Waals surface area contributed by atoms with Crippen molar-refractivity contribution in [2.75, 3.05) is 0 Å². The molecular weight excluding hydrogens is 248 g/mol. The SMILES string of the molecule is O=C(O)c1cc(C(=O)O)cc(-c2ccc(O)cc2)c1. The molecule has 0 unspecified atom stereocenters. The molecule has 0 fully saturated rings. The van der Waals surface area contributed by atoms with E-state index in [0.717, 1.165) is 6.07 Å². The molecule has 0 radical (unpaired) electrons. The third-order valence-electron chi connectivity index (χ3n) is 2.63. The molecule has 2 rings (SSSR count). The Hall–Kier alpha value is -2.82. The van der Waals surface area contributed by atoms with Gasteiger partial charge in [0.2, 0.25) is 0 Å². The van der Waals surface area contributed by atoms with Crippen LogP contribution < -0.4 is 0 Å². The first-order chi connectivity index (χ1) is 8.97. The molecular formula is C14H10O5. The fourth-order valence-corrected chi connectivity index (χ4v) is 1.70. The second kappa shape index (κ2) is 4.81. The molecule has 0 aliphatic carbocycles. The number of carboxylic acid groups (broad SMARTS) is 2. The minimum absolute atomic E-state index is 0.0802. The van der Waals surface area contributed by atoms with Crippen LogP contribution in [0.4, 0.5) is 0 Å². The largest absolute Gasteiger partial charge is 0.508 e. The fourth-order valence-electron chi connectivity index (χ4n) is 1.70. The second-order valence-electron chi connectivity index (χ2n) is 3.96. The summed E-state index contributed by atoms with van der Waals surface area (Å²) in [5, 5.41) is 27.1. The zero-order valence-corrected chi connectivity index (χ0v) is 9.70. The van der Waals surface area contributed by atoms with Crippen LogP contribution in [0.1, 0.15) is 20.7 Å². The van der Waals surface area contributed by atoms with Gasteiger partial charge in [0.1, 0.15) is 5.75 Å². The molecule has 0 spiro atoms. The van der Waals surface area contributed by atoms with Gasteiger partial charge in [-0.2, -0.15) is 0 Å². The second-order valence-corrected chi connectivity index (χ2v) is 3.96. The summed E-state index contributed by atoms with van der Waals surface area (Å²) in [7, 11) is 0. The van der Waals surface area contributed by atoms with Crippen molar-refractivity contribution in [2.45, 2.75) is 0 Å². The van der Waals surface area contributed by atoms with Crippen LogP contribution in [-0.4, -0.2) is 27.3 Å². The molecule has 0 bridgehead atoms. The monoisotopic (exact) mass is 258 g/mol. The number of aromatic hydroxyl groups is 1. The third kappa shape index (κ3) is 2.71. The molecule has 2 aromatic rings. The average Bonchev–Trinajstić information content (AvgIpc) is 2.39. The molecule has 0 aromatic heterocycles. The standard InChI is InChI=1S/C14H10O5/c15-12-3-1-8(2-4-12)9-5-10(13(16)17)7-11(6-9)14(18)19/h1-7,15H,(H,16,17)(H,18,19). The first-order valence-corrected chi connectivity index (χ1v) is 5.38. The van der Waals surface area contributed by atoms with Crippen molar-refractivity contribution < 1.29 is 24.9 Å². The highest BCUT2D eigenvalue weighted by Gasteiger charge is 2.12. The molecule has 0 aliphatic rings. The van der Waals surface area contributed by atoms with Crippen LogP contribution >= 0.6 is 0 Å². The molecule has 5 nitrogen and oxygen atoms in total. The number of hydrogen-bond acceptors (Lipinski definition) is 3. The van der Waals surface area contributed by atoms with Crippen LogP contribution in [0.2, 0.25) is 0 Å². The summed E-state index contributed by atoms with van der Waals surface area (Å²) < 4.78 is 0. The number of carboxylic acids is 2. The van der Waals surface area contributed by atoms with Crippen molar-refractivity contribution in [3.63, 3.8) is 0 Å². The van der Waals surface area contributed by atoms with E-state index in [1.807, 2.05) is 0 Å². The number of rotatable bonds is 3. The van der Waals surface area contributed by atoms with E-state index in [2.05, 4.69) is 0 Å². The van der Waals surface area contributed by atoms with Gasteiger partial charge in [0, 0.05) is 0 Å². The van der Waals surface area contributed by atoms with Crippen molar-refractivity contribution in [1.82, 2.24) is 0 Å². The molecule has 2 aromatic carbocycles. The van der Waals surface area contributed by atoms with Crippen LogP contribution in [-0.2, 0) is 0 Å². The summed E-state index contributed by atoms with van der Waals surface area (Å²) >= 11 is 0. The van der Waals surface area contributed by atoms with Gasteiger partial charge in [0.15, 0.2) is 0 Å². The lowest BCUT2D eigenvalue weighted by molar-refractivity contribution is 0.0696. The lowest BCUT2D eigenvalue weighted by atomic mass is 9.99. The van der Waals surface area contributed by atoms with Gasteiger partial charge in [-0.3, -0.25) is 0 Å². The molecule has 0 atom stereocenters. The van der Waals surface area contributed by atoms with Crippen molar-refractivity contribution in [3.05, 3.63) is 53.6 Å². The van der Waals surface area contributed by atoms with Gasteiger partial charge in [-0.25, -0.2) is 9.59 Å². The van der Waals surface area contributed by atoms with E-state index in [1.165, 1.54) is 24.3 Å². The number of carbonyl (C=O) groups is 2. The number of phenols is 1. The number of phenolic OH excluding ortho intramolecular Hbond substituents is 1. The number of benzene rings is 2. The van der Waals surface area contributed by atoms with E-state index in [4.69, 9.17) is 10.2 Å². The van der Waals surface area contributed by atoms with E-state index < -0.39 is 11.9 Å². The summed E-state index contributed by atoms with van der Waals surface area (Å²) in [6.07, 6.45) is 0. The Bertz CT molecular complexity index is 611. The summed E-state index contributed by atoms with van der Waals surface area (Å²) in [5.41, 5.74) is 0.909. The van der Waals surface area contributed by atoms with Gasteiger partial charge in [0.05, 0.1) is 11.1 Å². The van der Waals surface area contributed by atoms with Crippen molar-refractivity contribution in [1.29, 1.82) is 0 Å². The van der Waals surface area contributed by atoms with E-state index in [9.17, 15) is 14.7 Å². The normalized spacial score (nSPS) is 10.1. The minimum Gasteiger partial charge on any atom is -0.508 e. The van der Waals surface area contributed by atoms with Crippen LogP contribution in [0, 0.1) is 0 Å². The van der Waals surface area contributed by atoms with Crippen molar-refractivity contribution in [2.24, 2.45) is 0 Å². The Morgan fingerprint density at radius 3 is 1.63 bits per heavy atom. The van der Waals surface area contributed by atoms with Crippen molar-refractivity contribution in [3.8, 4) is 16.9 Å². The fraction of sp³-hybridized carbons (Fsp3) is 0. The molecule has 3 N–H and O–H groups in total. The highest BCUT2D eigenvalue weighted by Crippen LogP contribution is 2.24.